The molecule has 1 amide bonds. The lowest BCUT2D eigenvalue weighted by Crippen LogP contribution is -2.31. The summed E-state index contributed by atoms with van der Waals surface area (Å²) in [6, 6.07) is 9.61. The Hall–Kier alpha value is -2.98. The summed E-state index contributed by atoms with van der Waals surface area (Å²) >= 11 is 1.06. The molecule has 0 aliphatic heterocycles. The Balaban J connectivity index is 2.03. The van der Waals surface area contributed by atoms with Crippen molar-refractivity contribution in [1.82, 2.24) is 9.71 Å². The van der Waals surface area contributed by atoms with Gasteiger partial charge in [0.2, 0.25) is 10.0 Å². The fourth-order valence-electron chi connectivity index (χ4n) is 2.76. The third-order valence-electron chi connectivity index (χ3n) is 4.27. The average molecular weight is 448 g/mol. The molecule has 0 spiro atoms. The van der Waals surface area contributed by atoms with Gasteiger partial charge in [0, 0.05) is 23.5 Å². The number of hydrogen-bond donors (Lipinski definition) is 2. The number of anilines is 1. The molecule has 0 aliphatic carbocycles. The van der Waals surface area contributed by atoms with Gasteiger partial charge >= 0.3 is 5.97 Å². The van der Waals surface area contributed by atoms with Gasteiger partial charge in [-0.3, -0.25) is 9.78 Å². The Kier molecular flexibility index (Phi) is 6.68. The molecule has 0 fully saturated rings. The Morgan fingerprint density at radius 2 is 1.90 bits per heavy atom. The summed E-state index contributed by atoms with van der Waals surface area (Å²) in [4.78, 5) is 29.3. The zero-order valence-corrected chi connectivity index (χ0v) is 18.1. The van der Waals surface area contributed by atoms with Crippen LogP contribution >= 0.6 is 11.3 Å². The number of fused-ring (bicyclic) bond motifs is 1. The molecule has 1 aromatic carbocycles. The second-order valence-electron chi connectivity index (χ2n) is 6.27. The number of esters is 1. The van der Waals surface area contributed by atoms with E-state index in [1.54, 1.807) is 12.3 Å². The highest BCUT2D eigenvalue weighted by molar-refractivity contribution is 7.90. The first kappa shape index (κ1) is 21.7. The average Bonchev–Trinajstić information content (AvgIpc) is 3.17. The molecule has 3 rings (SSSR count). The van der Waals surface area contributed by atoms with Crippen LogP contribution in [-0.2, 0) is 21.3 Å². The molecule has 0 atom stereocenters. The first-order valence-corrected chi connectivity index (χ1v) is 11.8. The van der Waals surface area contributed by atoms with E-state index in [1.807, 2.05) is 35.1 Å². The zero-order valence-electron chi connectivity index (χ0n) is 16.5. The number of thiophene rings is 1. The minimum atomic E-state index is -3.71. The molecule has 0 unspecified atom stereocenters. The maximum atomic E-state index is 12.5. The van der Waals surface area contributed by atoms with Gasteiger partial charge in [-0.05, 0) is 19.4 Å². The van der Waals surface area contributed by atoms with Crippen LogP contribution in [0.15, 0.2) is 41.9 Å². The number of benzene rings is 1. The van der Waals surface area contributed by atoms with E-state index in [2.05, 4.69) is 10.3 Å². The number of amides is 1. The van der Waals surface area contributed by atoms with E-state index in [0.29, 0.717) is 23.1 Å². The summed E-state index contributed by atoms with van der Waals surface area (Å²) in [6.45, 7) is 3.80. The largest absolute Gasteiger partial charge is 0.462 e. The van der Waals surface area contributed by atoms with Crippen LogP contribution in [0, 0.1) is 0 Å². The molecule has 0 saturated carbocycles. The molecule has 158 valence electrons. The quantitative estimate of drug-likeness (QED) is 0.510. The van der Waals surface area contributed by atoms with E-state index < -0.39 is 21.9 Å². The summed E-state index contributed by atoms with van der Waals surface area (Å²) in [7, 11) is -3.71. The summed E-state index contributed by atoms with van der Waals surface area (Å²) < 4.78 is 30.7. The van der Waals surface area contributed by atoms with Crippen LogP contribution in [0.2, 0.25) is 0 Å². The summed E-state index contributed by atoms with van der Waals surface area (Å²) in [5.74, 6) is -1.50. The van der Waals surface area contributed by atoms with Gasteiger partial charge in [-0.1, -0.05) is 30.3 Å². The lowest BCUT2D eigenvalue weighted by molar-refractivity contribution is 0.0527. The van der Waals surface area contributed by atoms with Crippen molar-refractivity contribution in [3.05, 3.63) is 57.9 Å². The number of nitrogens with one attached hydrogen (secondary N) is 2. The highest BCUT2D eigenvalue weighted by atomic mass is 32.2. The standard InChI is InChI=1S/C20H21N3O5S2/c1-3-28-20(25)14-11-22-17-15(16(14)21-10-13-8-6-5-7-9-13)12-29-18(17)19(24)23-30(26,27)4-2/h5-9,11-12,21H,3-4,10H2,1-2H3,(H,23,24). The number of nitrogens with zero attached hydrogens (tertiary/aromatic N) is 1. The zero-order chi connectivity index (χ0) is 21.7. The molecule has 3 aromatic rings. The Labute approximate surface area is 178 Å². The Morgan fingerprint density at radius 1 is 1.17 bits per heavy atom. The van der Waals surface area contributed by atoms with Crippen molar-refractivity contribution in [1.29, 1.82) is 0 Å². The minimum absolute atomic E-state index is 0.153. The van der Waals surface area contributed by atoms with Gasteiger partial charge in [0.25, 0.3) is 5.91 Å². The topological polar surface area (TPSA) is 114 Å². The van der Waals surface area contributed by atoms with Crippen LogP contribution in [0.25, 0.3) is 10.9 Å². The number of ether oxygens (including phenoxy) is 1. The van der Waals surface area contributed by atoms with E-state index >= 15 is 0 Å². The van der Waals surface area contributed by atoms with Crippen molar-refractivity contribution in [2.45, 2.75) is 20.4 Å². The molecule has 8 nitrogen and oxygen atoms in total. The van der Waals surface area contributed by atoms with E-state index in [9.17, 15) is 18.0 Å². The van der Waals surface area contributed by atoms with Crippen molar-refractivity contribution in [3.8, 4) is 0 Å². The second-order valence-corrected chi connectivity index (χ2v) is 9.16. The number of pyridine rings is 1. The van der Waals surface area contributed by atoms with Gasteiger partial charge in [0.15, 0.2) is 0 Å². The van der Waals surface area contributed by atoms with Crippen LogP contribution in [0.3, 0.4) is 0 Å². The van der Waals surface area contributed by atoms with Gasteiger partial charge in [0.05, 0.1) is 23.6 Å². The third-order valence-corrected chi connectivity index (χ3v) is 6.49. The summed E-state index contributed by atoms with van der Waals surface area (Å²) in [5, 5.41) is 5.45. The molecular formula is C20H21N3O5S2. The monoisotopic (exact) mass is 447 g/mol. The van der Waals surface area contributed by atoms with E-state index in [1.165, 1.54) is 13.1 Å². The van der Waals surface area contributed by atoms with E-state index in [4.69, 9.17) is 4.74 Å². The van der Waals surface area contributed by atoms with Gasteiger partial charge in [-0.2, -0.15) is 0 Å². The Bertz CT molecular complexity index is 1170. The fraction of sp³-hybridized carbons (Fsp3) is 0.250. The molecule has 0 aliphatic rings. The van der Waals surface area contributed by atoms with Gasteiger partial charge in [-0.25, -0.2) is 17.9 Å². The van der Waals surface area contributed by atoms with Gasteiger partial charge in [0.1, 0.15) is 10.4 Å². The Morgan fingerprint density at radius 3 is 2.57 bits per heavy atom. The predicted molar refractivity (Wildman–Crippen MR) is 116 cm³/mol. The molecule has 0 saturated heterocycles. The number of carbonyl (C=O) groups excluding carboxylic acids is 2. The summed E-state index contributed by atoms with van der Waals surface area (Å²) in [6.07, 6.45) is 1.34. The van der Waals surface area contributed by atoms with Gasteiger partial charge in [-0.15, -0.1) is 11.3 Å². The van der Waals surface area contributed by atoms with Crippen LogP contribution in [0.1, 0.15) is 39.4 Å². The highest BCUT2D eigenvalue weighted by Crippen LogP contribution is 2.33. The van der Waals surface area contributed by atoms with E-state index in [0.717, 1.165) is 16.9 Å². The lowest BCUT2D eigenvalue weighted by atomic mass is 10.1. The van der Waals surface area contributed by atoms with Crippen molar-refractivity contribution >= 4 is 49.8 Å². The van der Waals surface area contributed by atoms with Crippen molar-refractivity contribution in [2.24, 2.45) is 0 Å². The normalized spacial score (nSPS) is 11.3. The van der Waals surface area contributed by atoms with Crippen molar-refractivity contribution < 1.29 is 22.7 Å². The maximum Gasteiger partial charge on any atom is 0.341 e. The SMILES string of the molecule is CCOC(=O)c1cnc2c(C(=O)NS(=O)(=O)CC)scc2c1NCc1ccccc1. The smallest absolute Gasteiger partial charge is 0.341 e. The molecule has 2 heterocycles. The van der Waals surface area contributed by atoms with Crippen molar-refractivity contribution in [2.75, 3.05) is 17.7 Å². The second kappa shape index (κ2) is 9.23. The first-order chi connectivity index (χ1) is 14.4. The molecule has 2 N–H and O–H groups in total. The number of carbonyl (C=O) groups is 2. The van der Waals surface area contributed by atoms with E-state index in [-0.39, 0.29) is 22.8 Å². The minimum Gasteiger partial charge on any atom is -0.462 e. The lowest BCUT2D eigenvalue weighted by Gasteiger charge is -2.13. The molecule has 10 heteroatoms. The number of aromatic nitrogens is 1. The molecule has 0 bridgehead atoms. The highest BCUT2D eigenvalue weighted by Gasteiger charge is 2.23. The number of hydrogen-bond acceptors (Lipinski definition) is 8. The van der Waals surface area contributed by atoms with Crippen LogP contribution in [0.4, 0.5) is 5.69 Å². The molecule has 30 heavy (non-hydrogen) atoms. The third kappa shape index (κ3) is 4.77. The first-order valence-electron chi connectivity index (χ1n) is 9.26. The molecular weight excluding hydrogens is 426 g/mol. The number of rotatable bonds is 8. The van der Waals surface area contributed by atoms with Gasteiger partial charge < -0.3 is 10.1 Å². The maximum absolute atomic E-state index is 12.5. The summed E-state index contributed by atoms with van der Waals surface area (Å²) in [5.41, 5.74) is 2.04. The van der Waals surface area contributed by atoms with Crippen molar-refractivity contribution in [3.63, 3.8) is 0 Å². The van der Waals surface area contributed by atoms with Crippen LogP contribution in [0.5, 0.6) is 0 Å². The van der Waals surface area contributed by atoms with Crippen LogP contribution in [-0.4, -0.2) is 37.6 Å². The molecule has 2 aromatic heterocycles. The fourth-order valence-corrected chi connectivity index (χ4v) is 4.25. The molecule has 0 radical (unpaired) electrons. The predicted octanol–water partition coefficient (Wildman–Crippen LogP) is 3.16. The van der Waals surface area contributed by atoms with Crippen LogP contribution < -0.4 is 10.0 Å². The number of sulfonamides is 1.